The Labute approximate surface area is 252 Å². The van der Waals surface area contributed by atoms with Crippen LogP contribution in [0, 0.1) is 0 Å². The highest BCUT2D eigenvalue weighted by molar-refractivity contribution is 7.99. The summed E-state index contributed by atoms with van der Waals surface area (Å²) in [7, 11) is 2.14. The van der Waals surface area contributed by atoms with Crippen molar-refractivity contribution < 1.29 is 9.53 Å². The second kappa shape index (κ2) is 12.4. The molecule has 2 aliphatic rings. The summed E-state index contributed by atoms with van der Waals surface area (Å²) in [4.78, 5) is 28.2. The van der Waals surface area contributed by atoms with E-state index in [1.165, 1.54) is 11.8 Å². The Morgan fingerprint density at radius 3 is 2.71 bits per heavy atom. The molecule has 2 fully saturated rings. The van der Waals surface area contributed by atoms with E-state index in [2.05, 4.69) is 48.7 Å². The zero-order chi connectivity index (χ0) is 28.3. The van der Waals surface area contributed by atoms with E-state index in [-0.39, 0.29) is 11.9 Å². The first-order valence-electron chi connectivity index (χ1n) is 13.5. The third kappa shape index (κ3) is 6.54. The van der Waals surface area contributed by atoms with Crippen LogP contribution < -0.4 is 15.5 Å². The van der Waals surface area contributed by atoms with Gasteiger partial charge in [0.1, 0.15) is 5.03 Å². The lowest BCUT2D eigenvalue weighted by atomic mass is 10.1. The fraction of sp³-hybridized carbons (Fsp3) is 0.357. The number of nitrogens with zero attached hydrogens (tertiary/aromatic N) is 5. The van der Waals surface area contributed by atoms with Crippen LogP contribution in [0.25, 0.3) is 11.2 Å². The zero-order valence-corrected chi connectivity index (χ0v) is 24.8. The first kappa shape index (κ1) is 28.0. The van der Waals surface area contributed by atoms with Crippen molar-refractivity contribution >= 4 is 69.2 Å². The highest BCUT2D eigenvalue weighted by atomic mass is 35.5. The minimum atomic E-state index is -0.282. The van der Waals surface area contributed by atoms with Crippen LogP contribution in [0.4, 0.5) is 17.2 Å². The van der Waals surface area contributed by atoms with Crippen molar-refractivity contribution in [2.24, 2.45) is 0 Å². The summed E-state index contributed by atoms with van der Waals surface area (Å²) in [5.74, 6) is 0.0212. The van der Waals surface area contributed by atoms with Crippen molar-refractivity contribution in [2.45, 2.75) is 28.8 Å². The second-order valence-electron chi connectivity index (χ2n) is 10.2. The van der Waals surface area contributed by atoms with E-state index >= 15 is 0 Å². The van der Waals surface area contributed by atoms with Crippen molar-refractivity contribution in [3.8, 4) is 0 Å². The van der Waals surface area contributed by atoms with E-state index in [1.54, 1.807) is 24.4 Å². The molecule has 2 aromatic heterocycles. The van der Waals surface area contributed by atoms with Crippen molar-refractivity contribution in [3.63, 3.8) is 0 Å². The van der Waals surface area contributed by atoms with E-state index in [4.69, 9.17) is 32.9 Å². The van der Waals surface area contributed by atoms with Gasteiger partial charge in [-0.2, -0.15) is 5.10 Å². The van der Waals surface area contributed by atoms with Crippen LogP contribution in [0.2, 0.25) is 10.0 Å². The number of carbonyl (C=O) groups is 1. The van der Waals surface area contributed by atoms with Gasteiger partial charge in [-0.1, -0.05) is 35.0 Å². The van der Waals surface area contributed by atoms with Crippen molar-refractivity contribution in [1.29, 1.82) is 0 Å². The molecule has 4 heterocycles. The fourth-order valence-corrected chi connectivity index (χ4v) is 6.22. The van der Waals surface area contributed by atoms with Crippen molar-refractivity contribution in [3.05, 3.63) is 58.2 Å². The van der Waals surface area contributed by atoms with E-state index in [1.807, 2.05) is 12.1 Å². The van der Waals surface area contributed by atoms with Crippen LogP contribution in [0.1, 0.15) is 23.2 Å². The van der Waals surface area contributed by atoms with Crippen LogP contribution >= 0.6 is 35.0 Å². The number of rotatable bonds is 7. The molecule has 6 rings (SSSR count). The Morgan fingerprint density at radius 2 is 1.90 bits per heavy atom. The normalized spacial score (nSPS) is 16.7. The van der Waals surface area contributed by atoms with Gasteiger partial charge in [-0.3, -0.25) is 9.89 Å². The summed E-state index contributed by atoms with van der Waals surface area (Å²) in [5.41, 5.74) is 3.35. The van der Waals surface area contributed by atoms with Gasteiger partial charge in [-0.25, -0.2) is 9.97 Å². The fourth-order valence-electron chi connectivity index (χ4n) is 4.93. The standard InChI is InChI=1S/C28H30Cl2N8O2S/c1-37-8-10-38(11-9-37)19-3-4-20(22(15-19)32-18-6-12-40-13-7-18)28(39)34-27-25-26(35-36-27)31-16-24(33-25)41-23-14-17(29)2-5-21(23)30/h2-5,14-16,18,32H,6-13H2,1H3,(H2,31,34,35,36,39). The SMILES string of the molecule is CN1CCN(c2ccc(C(=O)Nc3n[nH]c4ncc(Sc5cc(Cl)ccc5Cl)nc34)c(NC3CCOCC3)c2)CC1. The van der Waals surface area contributed by atoms with Gasteiger partial charge in [0.15, 0.2) is 17.0 Å². The maximum atomic E-state index is 13.7. The number of aromatic amines is 1. The number of anilines is 3. The van der Waals surface area contributed by atoms with Crippen LogP contribution in [0.3, 0.4) is 0 Å². The Hall–Kier alpha value is -3.09. The number of benzene rings is 2. The largest absolute Gasteiger partial charge is 0.381 e. The first-order chi connectivity index (χ1) is 19.9. The molecule has 0 spiro atoms. The number of nitrogens with one attached hydrogen (secondary N) is 3. The number of piperazine rings is 1. The second-order valence-corrected chi connectivity index (χ2v) is 12.1. The highest BCUT2D eigenvalue weighted by Crippen LogP contribution is 2.35. The topological polar surface area (TPSA) is 111 Å². The number of likely N-dealkylation sites (N-methyl/N-ethyl adjacent to an activating group) is 1. The molecule has 0 radical (unpaired) electrons. The van der Waals surface area contributed by atoms with Gasteiger partial charge in [0.05, 0.1) is 16.8 Å². The van der Waals surface area contributed by atoms with Gasteiger partial charge in [-0.05, 0) is 56.3 Å². The minimum absolute atomic E-state index is 0.230. The number of carbonyl (C=O) groups excluding carboxylic acids is 1. The summed E-state index contributed by atoms with van der Waals surface area (Å²) in [6, 6.07) is 11.5. The molecule has 0 saturated carbocycles. The lowest BCUT2D eigenvalue weighted by molar-refractivity contribution is 0.0904. The van der Waals surface area contributed by atoms with Gasteiger partial charge in [0.25, 0.3) is 5.91 Å². The molecular formula is C28H30Cl2N8O2S. The monoisotopic (exact) mass is 612 g/mol. The predicted molar refractivity (Wildman–Crippen MR) is 164 cm³/mol. The Kier molecular flexibility index (Phi) is 8.50. The van der Waals surface area contributed by atoms with Crippen molar-refractivity contribution in [2.75, 3.05) is 62.0 Å². The van der Waals surface area contributed by atoms with E-state index in [0.717, 1.165) is 55.3 Å². The van der Waals surface area contributed by atoms with Crippen molar-refractivity contribution in [1.82, 2.24) is 25.1 Å². The minimum Gasteiger partial charge on any atom is -0.381 e. The average Bonchev–Trinajstić information content (AvgIpc) is 3.37. The molecule has 41 heavy (non-hydrogen) atoms. The maximum absolute atomic E-state index is 13.7. The lowest BCUT2D eigenvalue weighted by Gasteiger charge is -2.34. The number of ether oxygens (including phenoxy) is 1. The lowest BCUT2D eigenvalue weighted by Crippen LogP contribution is -2.44. The van der Waals surface area contributed by atoms with Gasteiger partial charge < -0.3 is 25.2 Å². The van der Waals surface area contributed by atoms with Crippen LogP contribution in [-0.4, -0.2) is 83.5 Å². The Balaban J connectivity index is 1.26. The molecule has 1 amide bonds. The molecule has 214 valence electrons. The zero-order valence-electron chi connectivity index (χ0n) is 22.5. The molecule has 4 aromatic rings. The molecule has 3 N–H and O–H groups in total. The molecular weight excluding hydrogens is 583 g/mol. The van der Waals surface area contributed by atoms with Crippen LogP contribution in [0.15, 0.2) is 52.5 Å². The third-order valence-corrected chi connectivity index (χ3v) is 8.93. The van der Waals surface area contributed by atoms with Crippen LogP contribution in [-0.2, 0) is 4.74 Å². The molecule has 2 aliphatic heterocycles. The first-order valence-corrected chi connectivity index (χ1v) is 15.1. The molecule has 0 bridgehead atoms. The van der Waals surface area contributed by atoms with E-state index in [9.17, 15) is 4.79 Å². The van der Waals surface area contributed by atoms with Gasteiger partial charge in [0, 0.05) is 66.7 Å². The molecule has 0 unspecified atom stereocenters. The number of aromatic nitrogens is 4. The number of hydrogen-bond acceptors (Lipinski definition) is 9. The van der Waals surface area contributed by atoms with Crippen LogP contribution in [0.5, 0.6) is 0 Å². The van der Waals surface area contributed by atoms with E-state index in [0.29, 0.717) is 50.8 Å². The van der Waals surface area contributed by atoms with Gasteiger partial charge in [-0.15, -0.1) is 0 Å². The Bertz CT molecular complexity index is 1550. The summed E-state index contributed by atoms with van der Waals surface area (Å²) >= 11 is 13.8. The maximum Gasteiger partial charge on any atom is 0.259 e. The predicted octanol–water partition coefficient (Wildman–Crippen LogP) is 5.41. The van der Waals surface area contributed by atoms with Gasteiger partial charge in [0.2, 0.25) is 0 Å². The number of H-pyrrole nitrogens is 1. The molecule has 0 atom stereocenters. The number of halogens is 2. The third-order valence-electron chi connectivity index (χ3n) is 7.29. The summed E-state index contributed by atoms with van der Waals surface area (Å²) < 4.78 is 5.54. The quantitative estimate of drug-likeness (QED) is 0.252. The van der Waals surface area contributed by atoms with E-state index < -0.39 is 0 Å². The smallest absolute Gasteiger partial charge is 0.259 e. The van der Waals surface area contributed by atoms with Gasteiger partial charge >= 0.3 is 0 Å². The summed E-state index contributed by atoms with van der Waals surface area (Å²) in [6.45, 7) is 5.30. The number of amides is 1. The highest BCUT2D eigenvalue weighted by Gasteiger charge is 2.22. The molecule has 13 heteroatoms. The summed E-state index contributed by atoms with van der Waals surface area (Å²) in [6.07, 6.45) is 3.40. The summed E-state index contributed by atoms with van der Waals surface area (Å²) in [5, 5.41) is 15.5. The Morgan fingerprint density at radius 1 is 1.10 bits per heavy atom. The average molecular weight is 614 g/mol. The molecule has 10 nitrogen and oxygen atoms in total. The molecule has 0 aliphatic carbocycles. The number of fused-ring (bicyclic) bond motifs is 1. The molecule has 2 aromatic carbocycles. The number of hydrogen-bond donors (Lipinski definition) is 3. The molecule has 2 saturated heterocycles.